The van der Waals surface area contributed by atoms with E-state index in [2.05, 4.69) is 23.8 Å². The van der Waals surface area contributed by atoms with Crippen LogP contribution in [0.4, 0.5) is 0 Å². The van der Waals surface area contributed by atoms with Crippen molar-refractivity contribution in [2.45, 2.75) is 26.2 Å². The average molecular weight is 257 g/mol. The molecule has 0 radical (unpaired) electrons. The lowest BCUT2D eigenvalue weighted by molar-refractivity contribution is 0.165. The quantitative estimate of drug-likeness (QED) is 0.777. The van der Waals surface area contributed by atoms with Crippen molar-refractivity contribution in [1.82, 2.24) is 9.97 Å². The molecule has 1 atom stereocenters. The maximum absolute atomic E-state index is 6.06. The van der Waals surface area contributed by atoms with Gasteiger partial charge in [-0.25, -0.2) is 9.97 Å². The van der Waals surface area contributed by atoms with Gasteiger partial charge in [0.1, 0.15) is 11.5 Å². The lowest BCUT2D eigenvalue weighted by Gasteiger charge is -2.15. The Morgan fingerprint density at radius 2 is 2.35 bits per heavy atom. The third-order valence-corrected chi connectivity index (χ3v) is 3.16. The molecule has 5 heteroatoms. The Hall–Kier alpha value is -0.870. The molecular formula is C12H17ClN2O2. The maximum Gasteiger partial charge on any atom is 0.221 e. The van der Waals surface area contributed by atoms with Crippen molar-refractivity contribution in [3.8, 4) is 5.88 Å². The summed E-state index contributed by atoms with van der Waals surface area (Å²) in [5.41, 5.74) is 0.882. The van der Waals surface area contributed by atoms with Gasteiger partial charge < -0.3 is 9.47 Å². The Bertz CT molecular complexity index is 379. The van der Waals surface area contributed by atoms with Gasteiger partial charge in [-0.1, -0.05) is 25.4 Å². The highest BCUT2D eigenvalue weighted by Gasteiger charge is 2.19. The predicted octanol–water partition coefficient (Wildman–Crippen LogP) is 2.67. The van der Waals surface area contributed by atoms with Crippen LogP contribution in [0.1, 0.15) is 31.7 Å². The minimum absolute atomic E-state index is 0.249. The van der Waals surface area contributed by atoms with Crippen molar-refractivity contribution < 1.29 is 9.47 Å². The van der Waals surface area contributed by atoms with Gasteiger partial charge in [-0.05, 0) is 12.3 Å². The number of nitrogens with zero attached hydrogens (tertiary/aromatic N) is 2. The van der Waals surface area contributed by atoms with Gasteiger partial charge in [0.05, 0.1) is 18.8 Å². The van der Waals surface area contributed by atoms with Crippen LogP contribution in [0, 0.1) is 5.92 Å². The summed E-state index contributed by atoms with van der Waals surface area (Å²) in [6, 6.07) is 0. The number of hydrogen-bond acceptors (Lipinski definition) is 4. The standard InChI is InChI=1S/C12H17ClN2O2/c1-8(2)10-11(13)14-7-15-12(10)17-6-9-3-4-16-5-9/h7-9H,3-6H2,1-2H3. The molecule has 2 rings (SSSR count). The van der Waals surface area contributed by atoms with Gasteiger partial charge in [-0.15, -0.1) is 0 Å². The van der Waals surface area contributed by atoms with Crippen molar-refractivity contribution in [1.29, 1.82) is 0 Å². The van der Waals surface area contributed by atoms with Crippen molar-refractivity contribution >= 4 is 11.6 Å². The van der Waals surface area contributed by atoms with Crippen LogP contribution in [0.3, 0.4) is 0 Å². The summed E-state index contributed by atoms with van der Waals surface area (Å²) >= 11 is 6.06. The Labute approximate surface area is 106 Å². The van der Waals surface area contributed by atoms with Crippen LogP contribution in [0.2, 0.25) is 5.15 Å². The monoisotopic (exact) mass is 256 g/mol. The molecule has 0 aromatic carbocycles. The molecule has 1 aliphatic heterocycles. The third kappa shape index (κ3) is 3.07. The molecule has 1 fully saturated rings. The average Bonchev–Trinajstić information content (AvgIpc) is 2.78. The molecule has 0 N–H and O–H groups in total. The Morgan fingerprint density at radius 1 is 1.53 bits per heavy atom. The molecule has 0 amide bonds. The van der Waals surface area contributed by atoms with Crippen LogP contribution in [0.5, 0.6) is 5.88 Å². The highest BCUT2D eigenvalue weighted by atomic mass is 35.5. The van der Waals surface area contributed by atoms with E-state index in [1.807, 2.05) is 0 Å². The van der Waals surface area contributed by atoms with E-state index in [9.17, 15) is 0 Å². The van der Waals surface area contributed by atoms with Gasteiger partial charge in [-0.2, -0.15) is 0 Å². The first-order chi connectivity index (χ1) is 8.18. The third-order valence-electron chi connectivity index (χ3n) is 2.86. The van der Waals surface area contributed by atoms with Gasteiger partial charge in [0, 0.05) is 12.5 Å². The number of aromatic nitrogens is 2. The Balaban J connectivity index is 2.06. The predicted molar refractivity (Wildman–Crippen MR) is 65.6 cm³/mol. The maximum atomic E-state index is 6.06. The zero-order valence-electron chi connectivity index (χ0n) is 10.1. The van der Waals surface area contributed by atoms with Gasteiger partial charge >= 0.3 is 0 Å². The van der Waals surface area contributed by atoms with Gasteiger partial charge in [0.2, 0.25) is 5.88 Å². The van der Waals surface area contributed by atoms with E-state index in [0.717, 1.165) is 25.2 Å². The summed E-state index contributed by atoms with van der Waals surface area (Å²) in [4.78, 5) is 8.15. The van der Waals surface area contributed by atoms with E-state index < -0.39 is 0 Å². The van der Waals surface area contributed by atoms with Gasteiger partial charge in [0.25, 0.3) is 0 Å². The number of halogens is 1. The molecule has 0 aliphatic carbocycles. The summed E-state index contributed by atoms with van der Waals surface area (Å²) in [6.07, 6.45) is 2.49. The SMILES string of the molecule is CC(C)c1c(Cl)ncnc1OCC1CCOC1. The molecule has 1 aliphatic rings. The largest absolute Gasteiger partial charge is 0.477 e. The fourth-order valence-corrected chi connectivity index (χ4v) is 2.21. The van der Waals surface area contributed by atoms with Crippen molar-refractivity contribution in [2.75, 3.05) is 19.8 Å². The first kappa shape index (κ1) is 12.6. The second-order valence-electron chi connectivity index (χ2n) is 4.58. The molecule has 0 bridgehead atoms. The van der Waals surface area contributed by atoms with Crippen molar-refractivity contribution in [3.05, 3.63) is 17.0 Å². The summed E-state index contributed by atoms with van der Waals surface area (Å²) < 4.78 is 11.1. The van der Waals surface area contributed by atoms with Crippen LogP contribution in [-0.2, 0) is 4.74 Å². The zero-order chi connectivity index (χ0) is 12.3. The summed E-state index contributed by atoms with van der Waals surface area (Å²) in [6.45, 7) is 6.34. The molecule has 94 valence electrons. The molecule has 4 nitrogen and oxygen atoms in total. The van der Waals surface area contributed by atoms with Crippen LogP contribution >= 0.6 is 11.6 Å². The Kier molecular flexibility index (Phi) is 4.18. The van der Waals surface area contributed by atoms with Gasteiger partial charge in [-0.3, -0.25) is 0 Å². The topological polar surface area (TPSA) is 44.2 Å². The normalized spacial score (nSPS) is 19.9. The summed E-state index contributed by atoms with van der Waals surface area (Å²) in [5, 5.41) is 0.479. The smallest absolute Gasteiger partial charge is 0.221 e. The minimum Gasteiger partial charge on any atom is -0.477 e. The number of ether oxygens (including phenoxy) is 2. The van der Waals surface area contributed by atoms with Crippen LogP contribution in [0.25, 0.3) is 0 Å². The lowest BCUT2D eigenvalue weighted by atomic mass is 10.1. The lowest BCUT2D eigenvalue weighted by Crippen LogP contribution is -2.14. The van der Waals surface area contributed by atoms with E-state index in [-0.39, 0.29) is 5.92 Å². The van der Waals surface area contributed by atoms with Gasteiger partial charge in [0.15, 0.2) is 0 Å². The highest BCUT2D eigenvalue weighted by Crippen LogP contribution is 2.30. The summed E-state index contributed by atoms with van der Waals surface area (Å²) in [5.74, 6) is 1.31. The highest BCUT2D eigenvalue weighted by molar-refractivity contribution is 6.30. The van der Waals surface area contributed by atoms with Crippen LogP contribution < -0.4 is 4.74 Å². The molecule has 2 heterocycles. The molecule has 0 spiro atoms. The summed E-state index contributed by atoms with van der Waals surface area (Å²) in [7, 11) is 0. The fourth-order valence-electron chi connectivity index (χ4n) is 1.87. The van der Waals surface area contributed by atoms with Crippen molar-refractivity contribution in [3.63, 3.8) is 0 Å². The number of rotatable bonds is 4. The molecule has 1 aromatic heterocycles. The first-order valence-corrected chi connectivity index (χ1v) is 6.27. The first-order valence-electron chi connectivity index (χ1n) is 5.89. The number of hydrogen-bond donors (Lipinski definition) is 0. The zero-order valence-corrected chi connectivity index (χ0v) is 10.9. The molecule has 1 saturated heterocycles. The molecule has 17 heavy (non-hydrogen) atoms. The van der Waals surface area contributed by atoms with E-state index in [0.29, 0.717) is 23.6 Å². The van der Waals surface area contributed by atoms with Crippen LogP contribution in [-0.4, -0.2) is 29.8 Å². The van der Waals surface area contributed by atoms with E-state index in [1.165, 1.54) is 6.33 Å². The second-order valence-corrected chi connectivity index (χ2v) is 4.94. The minimum atomic E-state index is 0.249. The van der Waals surface area contributed by atoms with Crippen molar-refractivity contribution in [2.24, 2.45) is 5.92 Å². The molecular weight excluding hydrogens is 240 g/mol. The van der Waals surface area contributed by atoms with E-state index in [1.54, 1.807) is 0 Å². The van der Waals surface area contributed by atoms with E-state index in [4.69, 9.17) is 21.1 Å². The van der Waals surface area contributed by atoms with E-state index >= 15 is 0 Å². The van der Waals surface area contributed by atoms with Crippen LogP contribution in [0.15, 0.2) is 6.33 Å². The Morgan fingerprint density at radius 3 is 3.00 bits per heavy atom. The fraction of sp³-hybridized carbons (Fsp3) is 0.667. The molecule has 1 unspecified atom stereocenters. The molecule has 1 aromatic rings. The second kappa shape index (κ2) is 5.65. The molecule has 0 saturated carbocycles.